The lowest BCUT2D eigenvalue weighted by Gasteiger charge is -2.17. The minimum absolute atomic E-state index is 0.0733. The Kier molecular flexibility index (Phi) is 5.02. The number of fused-ring (bicyclic) bond motifs is 2. The average molecular weight is 373 g/mol. The van der Waals surface area contributed by atoms with Crippen LogP contribution in [-0.2, 0) is 6.54 Å². The van der Waals surface area contributed by atoms with Crippen molar-refractivity contribution in [2.24, 2.45) is 0 Å². The molecular formula is C24H23NO3. The monoisotopic (exact) mass is 373 g/mol. The predicted octanol–water partition coefficient (Wildman–Crippen LogP) is 5.00. The van der Waals surface area contributed by atoms with Gasteiger partial charge in [0.25, 0.3) is 0 Å². The van der Waals surface area contributed by atoms with E-state index >= 15 is 0 Å². The Balaban J connectivity index is 1.89. The molecule has 0 N–H and O–H groups in total. The van der Waals surface area contributed by atoms with Crippen molar-refractivity contribution in [1.29, 1.82) is 0 Å². The summed E-state index contributed by atoms with van der Waals surface area (Å²) >= 11 is 0. The molecule has 0 aliphatic heterocycles. The summed E-state index contributed by atoms with van der Waals surface area (Å²) in [5.74, 6) is 1.50. The minimum atomic E-state index is 0.0733. The van der Waals surface area contributed by atoms with Crippen LogP contribution in [0.25, 0.3) is 21.8 Å². The van der Waals surface area contributed by atoms with Gasteiger partial charge >= 0.3 is 0 Å². The highest BCUT2D eigenvalue weighted by Crippen LogP contribution is 2.30. The Morgan fingerprint density at radius 3 is 1.93 bits per heavy atom. The number of hydrogen-bond donors (Lipinski definition) is 0. The highest BCUT2D eigenvalue weighted by Gasteiger charge is 2.12. The molecule has 0 saturated carbocycles. The van der Waals surface area contributed by atoms with E-state index in [0.717, 1.165) is 38.9 Å². The third-order valence-electron chi connectivity index (χ3n) is 4.83. The van der Waals surface area contributed by atoms with Crippen molar-refractivity contribution in [2.75, 3.05) is 13.2 Å². The zero-order chi connectivity index (χ0) is 19.5. The van der Waals surface area contributed by atoms with E-state index in [4.69, 9.17) is 9.47 Å². The Bertz CT molecular complexity index is 1130. The van der Waals surface area contributed by atoms with Crippen molar-refractivity contribution < 1.29 is 9.47 Å². The van der Waals surface area contributed by atoms with E-state index in [2.05, 4.69) is 10.6 Å². The zero-order valence-electron chi connectivity index (χ0n) is 16.1. The van der Waals surface area contributed by atoms with Crippen molar-refractivity contribution >= 4 is 21.8 Å². The van der Waals surface area contributed by atoms with Crippen LogP contribution < -0.4 is 14.9 Å². The summed E-state index contributed by atoms with van der Waals surface area (Å²) in [5.41, 5.74) is 3.02. The second-order valence-electron chi connectivity index (χ2n) is 6.60. The molecule has 28 heavy (non-hydrogen) atoms. The van der Waals surface area contributed by atoms with Crippen molar-refractivity contribution in [3.05, 3.63) is 82.5 Å². The zero-order valence-corrected chi connectivity index (χ0v) is 16.1. The number of rotatable bonds is 6. The number of pyridine rings is 1. The minimum Gasteiger partial charge on any atom is -0.490 e. The lowest BCUT2D eigenvalue weighted by atomic mass is 10.1. The van der Waals surface area contributed by atoms with E-state index in [1.807, 2.05) is 74.5 Å². The molecule has 3 aromatic carbocycles. The fourth-order valence-electron chi connectivity index (χ4n) is 3.62. The van der Waals surface area contributed by atoms with Crippen LogP contribution in [0.1, 0.15) is 19.4 Å². The van der Waals surface area contributed by atoms with Crippen LogP contribution in [0.2, 0.25) is 0 Å². The van der Waals surface area contributed by atoms with Crippen LogP contribution in [-0.4, -0.2) is 17.8 Å². The summed E-state index contributed by atoms with van der Waals surface area (Å²) in [7, 11) is 0. The van der Waals surface area contributed by atoms with Gasteiger partial charge < -0.3 is 14.0 Å². The van der Waals surface area contributed by atoms with Crippen molar-refractivity contribution in [3.63, 3.8) is 0 Å². The van der Waals surface area contributed by atoms with Gasteiger partial charge in [-0.3, -0.25) is 4.79 Å². The third-order valence-corrected chi connectivity index (χ3v) is 4.83. The van der Waals surface area contributed by atoms with Crippen molar-refractivity contribution in [2.45, 2.75) is 20.4 Å². The average Bonchev–Trinajstić information content (AvgIpc) is 2.73. The lowest BCUT2D eigenvalue weighted by molar-refractivity contribution is 0.287. The number of ether oxygens (including phenoxy) is 2. The molecule has 1 aromatic heterocycles. The molecule has 4 nitrogen and oxygen atoms in total. The summed E-state index contributed by atoms with van der Waals surface area (Å²) in [6.45, 7) is 5.73. The maximum atomic E-state index is 12.9. The van der Waals surface area contributed by atoms with E-state index in [0.29, 0.717) is 19.8 Å². The largest absolute Gasteiger partial charge is 0.490 e. The number of hydrogen-bond acceptors (Lipinski definition) is 3. The first kappa shape index (κ1) is 18.1. The SMILES string of the molecule is CCOc1ccc(Cn2c3ccccc3c(=O)c3ccccc32)cc1OCC. The van der Waals surface area contributed by atoms with E-state index in [1.165, 1.54) is 0 Å². The number of nitrogens with zero attached hydrogens (tertiary/aromatic N) is 1. The molecular weight excluding hydrogens is 350 g/mol. The van der Waals surface area contributed by atoms with E-state index in [9.17, 15) is 4.79 Å². The van der Waals surface area contributed by atoms with E-state index < -0.39 is 0 Å². The Hall–Kier alpha value is -3.27. The molecule has 0 atom stereocenters. The summed E-state index contributed by atoms with van der Waals surface area (Å²) < 4.78 is 13.6. The van der Waals surface area contributed by atoms with Crippen LogP contribution in [0.15, 0.2) is 71.5 Å². The summed E-state index contributed by atoms with van der Waals surface area (Å²) in [5, 5.41) is 1.47. The number of benzene rings is 3. The lowest BCUT2D eigenvalue weighted by Crippen LogP contribution is -2.12. The molecule has 4 heteroatoms. The molecule has 0 saturated heterocycles. The standard InChI is InChI=1S/C24H23NO3/c1-3-27-22-14-13-17(15-23(22)28-4-2)16-25-20-11-7-5-9-18(20)24(26)19-10-6-8-12-21(19)25/h5-15H,3-4,16H2,1-2H3. The molecule has 0 unspecified atom stereocenters. The quantitative estimate of drug-likeness (QED) is 0.447. The molecule has 4 aromatic rings. The molecule has 0 aliphatic rings. The summed E-state index contributed by atoms with van der Waals surface area (Å²) in [6.07, 6.45) is 0. The smallest absolute Gasteiger partial charge is 0.197 e. The maximum Gasteiger partial charge on any atom is 0.197 e. The fraction of sp³-hybridized carbons (Fsp3) is 0.208. The van der Waals surface area contributed by atoms with Gasteiger partial charge in [-0.2, -0.15) is 0 Å². The Labute approximate surface area is 163 Å². The molecule has 0 spiro atoms. The molecule has 0 fully saturated rings. The molecule has 4 rings (SSSR count). The molecule has 0 amide bonds. The van der Waals surface area contributed by atoms with E-state index in [1.54, 1.807) is 0 Å². The Morgan fingerprint density at radius 2 is 1.32 bits per heavy atom. The van der Waals surface area contributed by atoms with Gasteiger partial charge in [-0.15, -0.1) is 0 Å². The molecule has 142 valence electrons. The molecule has 0 bridgehead atoms. The van der Waals surface area contributed by atoms with Gasteiger partial charge in [0, 0.05) is 17.3 Å². The highest BCUT2D eigenvalue weighted by atomic mass is 16.5. The second kappa shape index (κ2) is 7.77. The van der Waals surface area contributed by atoms with Crippen LogP contribution in [0.4, 0.5) is 0 Å². The van der Waals surface area contributed by atoms with Gasteiger partial charge in [0.05, 0.1) is 24.2 Å². The third kappa shape index (κ3) is 3.22. The van der Waals surface area contributed by atoms with Crippen LogP contribution in [0, 0.1) is 0 Å². The van der Waals surface area contributed by atoms with Gasteiger partial charge in [0.15, 0.2) is 16.9 Å². The topological polar surface area (TPSA) is 40.5 Å². The van der Waals surface area contributed by atoms with Crippen molar-refractivity contribution in [3.8, 4) is 11.5 Å². The molecule has 1 heterocycles. The Morgan fingerprint density at radius 1 is 0.750 bits per heavy atom. The molecule has 0 radical (unpaired) electrons. The summed E-state index contributed by atoms with van der Waals surface area (Å²) in [6, 6.07) is 21.6. The van der Waals surface area contributed by atoms with E-state index in [-0.39, 0.29) is 5.43 Å². The number of aromatic nitrogens is 1. The second-order valence-corrected chi connectivity index (χ2v) is 6.60. The first-order valence-corrected chi connectivity index (χ1v) is 9.61. The van der Waals surface area contributed by atoms with Crippen LogP contribution >= 0.6 is 0 Å². The van der Waals surface area contributed by atoms with Gasteiger partial charge in [-0.25, -0.2) is 0 Å². The number of para-hydroxylation sites is 2. The van der Waals surface area contributed by atoms with Crippen molar-refractivity contribution in [1.82, 2.24) is 4.57 Å². The predicted molar refractivity (Wildman–Crippen MR) is 114 cm³/mol. The fourth-order valence-corrected chi connectivity index (χ4v) is 3.62. The first-order chi connectivity index (χ1) is 13.7. The van der Waals surface area contributed by atoms with Gasteiger partial charge in [-0.1, -0.05) is 30.3 Å². The first-order valence-electron chi connectivity index (χ1n) is 9.61. The van der Waals surface area contributed by atoms with Crippen LogP contribution in [0.5, 0.6) is 11.5 Å². The van der Waals surface area contributed by atoms with Crippen LogP contribution in [0.3, 0.4) is 0 Å². The van der Waals surface area contributed by atoms with Gasteiger partial charge in [0.2, 0.25) is 0 Å². The maximum absolute atomic E-state index is 12.9. The van der Waals surface area contributed by atoms with Gasteiger partial charge in [-0.05, 0) is 55.8 Å². The molecule has 0 aliphatic carbocycles. The normalized spacial score (nSPS) is 11.1. The summed E-state index contributed by atoms with van der Waals surface area (Å²) in [4.78, 5) is 12.9. The van der Waals surface area contributed by atoms with Gasteiger partial charge in [0.1, 0.15) is 0 Å². The highest BCUT2D eigenvalue weighted by molar-refractivity contribution is 5.93.